The lowest BCUT2D eigenvalue weighted by Crippen LogP contribution is -2.22. The van der Waals surface area contributed by atoms with Crippen LogP contribution in [0, 0.1) is 20.8 Å². The van der Waals surface area contributed by atoms with E-state index in [9.17, 15) is 14.4 Å². The Morgan fingerprint density at radius 1 is 0.857 bits per heavy atom. The van der Waals surface area contributed by atoms with Gasteiger partial charge in [-0.2, -0.15) is 0 Å². The van der Waals surface area contributed by atoms with Gasteiger partial charge in [0.05, 0.1) is 6.42 Å². The minimum Gasteiger partial charge on any atom is -0.456 e. The minimum absolute atomic E-state index is 0.0145. The highest BCUT2D eigenvalue weighted by atomic mass is 79.9. The number of ether oxygens (including phenoxy) is 1. The molecule has 0 saturated heterocycles. The molecule has 2 aromatic rings. The molecule has 2 rings (SSSR count). The molecule has 148 valence electrons. The summed E-state index contributed by atoms with van der Waals surface area (Å²) < 4.78 is 5.90. The molecule has 0 radical (unpaired) electrons. The zero-order chi connectivity index (χ0) is 20.7. The highest BCUT2D eigenvalue weighted by Gasteiger charge is 2.12. The van der Waals surface area contributed by atoms with Gasteiger partial charge >= 0.3 is 5.97 Å². The van der Waals surface area contributed by atoms with Crippen molar-refractivity contribution in [2.75, 3.05) is 17.2 Å². The van der Waals surface area contributed by atoms with Crippen molar-refractivity contribution in [3.63, 3.8) is 0 Å². The fourth-order valence-corrected chi connectivity index (χ4v) is 2.83. The third-order valence-electron chi connectivity index (χ3n) is 4.25. The van der Waals surface area contributed by atoms with Gasteiger partial charge in [0.2, 0.25) is 5.91 Å². The molecule has 0 fully saturated rings. The predicted octanol–water partition coefficient (Wildman–Crippen LogP) is 4.27. The molecule has 7 heteroatoms. The van der Waals surface area contributed by atoms with Crippen LogP contribution in [-0.4, -0.2) is 24.4 Å². The summed E-state index contributed by atoms with van der Waals surface area (Å²) >= 11 is 3.43. The van der Waals surface area contributed by atoms with Crippen LogP contribution in [0.5, 0.6) is 0 Å². The second kappa shape index (κ2) is 10.0. The van der Waals surface area contributed by atoms with E-state index in [0.717, 1.165) is 21.2 Å². The first-order valence-electron chi connectivity index (χ1n) is 8.84. The number of aryl methyl sites for hydroxylation is 1. The number of nitrogens with one attached hydrogen (secondary N) is 2. The third kappa shape index (κ3) is 6.49. The number of hydrogen-bond donors (Lipinski definition) is 2. The average molecular weight is 447 g/mol. The molecule has 0 bridgehead atoms. The third-order valence-corrected chi connectivity index (χ3v) is 5.11. The monoisotopic (exact) mass is 446 g/mol. The van der Waals surface area contributed by atoms with Crippen LogP contribution in [0.1, 0.15) is 29.5 Å². The van der Waals surface area contributed by atoms with E-state index in [2.05, 4.69) is 26.6 Å². The summed E-state index contributed by atoms with van der Waals surface area (Å²) in [7, 11) is 0. The molecular formula is C21H23BrN2O4. The van der Waals surface area contributed by atoms with Crippen LogP contribution in [0.3, 0.4) is 0 Å². The van der Waals surface area contributed by atoms with Crippen molar-refractivity contribution >= 4 is 45.1 Å². The van der Waals surface area contributed by atoms with Crippen molar-refractivity contribution in [2.45, 2.75) is 33.6 Å². The summed E-state index contributed by atoms with van der Waals surface area (Å²) in [5.41, 5.74) is 4.38. The molecule has 2 aromatic carbocycles. The first kappa shape index (κ1) is 21.6. The Kier molecular flexibility index (Phi) is 7.75. The number of esters is 1. The number of hydrogen-bond acceptors (Lipinski definition) is 4. The first-order chi connectivity index (χ1) is 13.3. The van der Waals surface area contributed by atoms with Gasteiger partial charge in [0, 0.05) is 22.3 Å². The van der Waals surface area contributed by atoms with Crippen LogP contribution in [-0.2, 0) is 19.1 Å². The zero-order valence-electron chi connectivity index (χ0n) is 16.1. The van der Waals surface area contributed by atoms with E-state index in [1.54, 1.807) is 18.2 Å². The topological polar surface area (TPSA) is 84.5 Å². The lowest BCUT2D eigenvalue weighted by atomic mass is 10.1. The zero-order valence-corrected chi connectivity index (χ0v) is 17.7. The van der Waals surface area contributed by atoms with Gasteiger partial charge in [0.25, 0.3) is 5.91 Å². The van der Waals surface area contributed by atoms with E-state index in [0.29, 0.717) is 11.4 Å². The molecule has 0 spiro atoms. The van der Waals surface area contributed by atoms with Gasteiger partial charge in [-0.3, -0.25) is 14.4 Å². The number of carbonyl (C=O) groups is 3. The molecule has 0 heterocycles. The molecule has 28 heavy (non-hydrogen) atoms. The summed E-state index contributed by atoms with van der Waals surface area (Å²) in [5, 5.41) is 5.43. The van der Waals surface area contributed by atoms with Crippen molar-refractivity contribution in [3.05, 3.63) is 57.6 Å². The Hall–Kier alpha value is -2.67. The highest BCUT2D eigenvalue weighted by Crippen LogP contribution is 2.25. The summed E-state index contributed by atoms with van der Waals surface area (Å²) in [6.07, 6.45) is -0.110. The maximum Gasteiger partial charge on any atom is 0.306 e. The van der Waals surface area contributed by atoms with E-state index >= 15 is 0 Å². The molecule has 0 saturated carbocycles. The van der Waals surface area contributed by atoms with Crippen molar-refractivity contribution in [3.8, 4) is 0 Å². The predicted molar refractivity (Wildman–Crippen MR) is 112 cm³/mol. The number of amides is 2. The number of carbonyl (C=O) groups excluding carboxylic acids is 3. The van der Waals surface area contributed by atoms with E-state index < -0.39 is 18.5 Å². The van der Waals surface area contributed by atoms with Crippen molar-refractivity contribution in [1.82, 2.24) is 0 Å². The number of halogens is 1. The summed E-state index contributed by atoms with van der Waals surface area (Å²) in [5.74, 6) is -1.31. The van der Waals surface area contributed by atoms with E-state index in [1.165, 1.54) is 0 Å². The average Bonchev–Trinajstić information content (AvgIpc) is 2.67. The largest absolute Gasteiger partial charge is 0.456 e. The Labute approximate surface area is 172 Å². The Morgan fingerprint density at radius 3 is 2.21 bits per heavy atom. The smallest absolute Gasteiger partial charge is 0.306 e. The van der Waals surface area contributed by atoms with Crippen LogP contribution in [0.4, 0.5) is 11.4 Å². The molecule has 6 nitrogen and oxygen atoms in total. The Bertz CT molecular complexity index is 879. The summed E-state index contributed by atoms with van der Waals surface area (Å²) in [4.78, 5) is 35.6. The second-order valence-electron chi connectivity index (χ2n) is 6.47. The van der Waals surface area contributed by atoms with Gasteiger partial charge in [-0.15, -0.1) is 0 Å². The van der Waals surface area contributed by atoms with Gasteiger partial charge < -0.3 is 15.4 Å². The van der Waals surface area contributed by atoms with E-state index in [4.69, 9.17) is 4.74 Å². The van der Waals surface area contributed by atoms with Crippen molar-refractivity contribution in [2.24, 2.45) is 0 Å². The molecular weight excluding hydrogens is 424 g/mol. The van der Waals surface area contributed by atoms with Crippen LogP contribution in [0.25, 0.3) is 0 Å². The summed E-state index contributed by atoms with van der Waals surface area (Å²) in [6, 6.07) is 11.0. The Morgan fingerprint density at radius 2 is 1.54 bits per heavy atom. The van der Waals surface area contributed by atoms with Gasteiger partial charge in [-0.05, 0) is 56.2 Å². The normalized spacial score (nSPS) is 10.3. The maximum atomic E-state index is 12.0. The highest BCUT2D eigenvalue weighted by molar-refractivity contribution is 9.10. The number of benzene rings is 2. The molecule has 2 N–H and O–H groups in total. The Balaban J connectivity index is 1.73. The first-order valence-corrected chi connectivity index (χ1v) is 9.63. The van der Waals surface area contributed by atoms with E-state index in [1.807, 2.05) is 39.0 Å². The van der Waals surface area contributed by atoms with Crippen LogP contribution < -0.4 is 10.6 Å². The molecule has 0 atom stereocenters. The van der Waals surface area contributed by atoms with Crippen LogP contribution in [0.15, 0.2) is 40.9 Å². The van der Waals surface area contributed by atoms with Crippen molar-refractivity contribution in [1.29, 1.82) is 0 Å². The number of anilines is 2. The fraction of sp³-hybridized carbons (Fsp3) is 0.286. The SMILES string of the molecule is Cc1ccc(NC(=O)CCC(=O)OCC(=O)Nc2ccc(Br)c(C)c2C)cc1. The van der Waals surface area contributed by atoms with Gasteiger partial charge in [0.15, 0.2) is 6.61 Å². The van der Waals surface area contributed by atoms with Gasteiger partial charge in [-0.1, -0.05) is 33.6 Å². The molecule has 2 amide bonds. The van der Waals surface area contributed by atoms with Crippen LogP contribution in [0.2, 0.25) is 0 Å². The lowest BCUT2D eigenvalue weighted by molar-refractivity contribution is -0.147. The molecule has 0 unspecified atom stereocenters. The second-order valence-corrected chi connectivity index (χ2v) is 7.32. The molecule has 0 aliphatic carbocycles. The summed E-state index contributed by atoms with van der Waals surface area (Å²) in [6.45, 7) is 5.40. The quantitative estimate of drug-likeness (QED) is 0.621. The van der Waals surface area contributed by atoms with Gasteiger partial charge in [-0.25, -0.2) is 0 Å². The molecule has 0 aromatic heterocycles. The fourth-order valence-electron chi connectivity index (χ4n) is 2.40. The standard InChI is InChI=1S/C21H23BrN2O4/c1-13-4-6-16(7-5-13)23-19(25)10-11-21(27)28-12-20(26)24-18-9-8-17(22)14(2)15(18)3/h4-9H,10-12H2,1-3H3,(H,23,25)(H,24,26). The van der Waals surface area contributed by atoms with E-state index in [-0.39, 0.29) is 18.7 Å². The maximum absolute atomic E-state index is 12.0. The number of rotatable bonds is 7. The van der Waals surface area contributed by atoms with Crippen molar-refractivity contribution < 1.29 is 19.1 Å². The van der Waals surface area contributed by atoms with Crippen LogP contribution >= 0.6 is 15.9 Å². The van der Waals surface area contributed by atoms with Gasteiger partial charge in [0.1, 0.15) is 0 Å². The molecule has 0 aliphatic heterocycles. The lowest BCUT2D eigenvalue weighted by Gasteiger charge is -2.12. The molecule has 0 aliphatic rings. The minimum atomic E-state index is -0.599.